The fraction of sp³-hybridized carbons (Fsp3) is 0.235. The first-order valence-corrected chi connectivity index (χ1v) is 6.67. The Balaban J connectivity index is 1.67. The predicted octanol–water partition coefficient (Wildman–Crippen LogP) is 3.04. The van der Waals surface area contributed by atoms with E-state index in [1.165, 1.54) is 11.1 Å². The molecule has 3 nitrogen and oxygen atoms in total. The summed E-state index contributed by atoms with van der Waals surface area (Å²) >= 11 is 0. The summed E-state index contributed by atoms with van der Waals surface area (Å²) in [6, 6.07) is 17.8. The molecule has 0 radical (unpaired) electrons. The third kappa shape index (κ3) is 4.42. The first-order chi connectivity index (χ1) is 9.78. The molecular weight excluding hydrogens is 248 g/mol. The Kier molecular flexibility index (Phi) is 5.16. The molecule has 20 heavy (non-hydrogen) atoms. The highest BCUT2D eigenvalue weighted by Gasteiger charge is 1.96. The van der Waals surface area contributed by atoms with Crippen molar-refractivity contribution in [1.82, 2.24) is 5.32 Å². The van der Waals surface area contributed by atoms with Crippen LogP contribution in [0.25, 0.3) is 0 Å². The van der Waals surface area contributed by atoms with Gasteiger partial charge in [-0.15, -0.1) is 0 Å². The fourth-order valence-electron chi connectivity index (χ4n) is 1.88. The molecule has 0 unspecified atom stereocenters. The molecule has 0 aliphatic heterocycles. The molecule has 102 valence electrons. The minimum Gasteiger partial charge on any atom is -0.492 e. The van der Waals surface area contributed by atoms with Crippen LogP contribution in [0.3, 0.4) is 0 Å². The van der Waals surface area contributed by atoms with Crippen LogP contribution >= 0.6 is 0 Å². The lowest BCUT2D eigenvalue weighted by atomic mass is 10.1. The van der Waals surface area contributed by atoms with Gasteiger partial charge in [-0.3, -0.25) is 0 Å². The first kappa shape index (κ1) is 14.1. The van der Waals surface area contributed by atoms with E-state index in [1.54, 1.807) is 0 Å². The highest BCUT2D eigenvalue weighted by Crippen LogP contribution is 2.11. The van der Waals surface area contributed by atoms with Gasteiger partial charge in [0, 0.05) is 13.1 Å². The molecule has 1 N–H and O–H groups in total. The van der Waals surface area contributed by atoms with Crippen LogP contribution in [0.4, 0.5) is 0 Å². The lowest BCUT2D eigenvalue weighted by Crippen LogP contribution is -2.20. The van der Waals surface area contributed by atoms with E-state index in [2.05, 4.69) is 24.4 Å². The van der Waals surface area contributed by atoms with Crippen molar-refractivity contribution in [2.24, 2.45) is 0 Å². The summed E-state index contributed by atoms with van der Waals surface area (Å²) in [5.41, 5.74) is 3.06. The Bertz CT molecular complexity index is 585. The molecule has 0 aromatic heterocycles. The van der Waals surface area contributed by atoms with Gasteiger partial charge in [0.15, 0.2) is 0 Å². The lowest BCUT2D eigenvalue weighted by Gasteiger charge is -2.08. The molecule has 0 aliphatic rings. The van der Waals surface area contributed by atoms with Crippen molar-refractivity contribution in [2.75, 3.05) is 13.2 Å². The Labute approximate surface area is 119 Å². The Morgan fingerprint density at radius 3 is 2.65 bits per heavy atom. The standard InChI is InChI=1S/C17H18N2O/c1-14-3-2-4-17(11-14)20-10-9-19-13-16-7-5-15(12-18)6-8-16/h2-8,11,19H,9-10,13H2,1H3. The zero-order chi connectivity index (χ0) is 14.2. The van der Waals surface area contributed by atoms with Crippen LogP contribution in [0.15, 0.2) is 48.5 Å². The van der Waals surface area contributed by atoms with E-state index in [1.807, 2.05) is 42.5 Å². The molecule has 0 amide bonds. The first-order valence-electron chi connectivity index (χ1n) is 6.67. The summed E-state index contributed by atoms with van der Waals surface area (Å²) in [6.45, 7) is 4.26. The smallest absolute Gasteiger partial charge is 0.119 e. The van der Waals surface area contributed by atoms with Crippen molar-refractivity contribution in [3.8, 4) is 11.8 Å². The van der Waals surface area contributed by atoms with Gasteiger partial charge in [-0.2, -0.15) is 5.26 Å². The number of aryl methyl sites for hydroxylation is 1. The maximum Gasteiger partial charge on any atom is 0.119 e. The minimum atomic E-state index is 0.639. The van der Waals surface area contributed by atoms with Crippen molar-refractivity contribution in [3.05, 3.63) is 65.2 Å². The van der Waals surface area contributed by atoms with Gasteiger partial charge in [0.25, 0.3) is 0 Å². The van der Waals surface area contributed by atoms with E-state index in [-0.39, 0.29) is 0 Å². The summed E-state index contributed by atoms with van der Waals surface area (Å²) in [5.74, 6) is 0.908. The van der Waals surface area contributed by atoms with Gasteiger partial charge in [0.05, 0.1) is 11.6 Å². The quantitative estimate of drug-likeness (QED) is 0.817. The Morgan fingerprint density at radius 1 is 1.15 bits per heavy atom. The van der Waals surface area contributed by atoms with Gasteiger partial charge in [-0.1, -0.05) is 24.3 Å². The molecule has 0 aliphatic carbocycles. The van der Waals surface area contributed by atoms with Crippen LogP contribution in [-0.2, 0) is 6.54 Å². The van der Waals surface area contributed by atoms with Crippen LogP contribution in [0.5, 0.6) is 5.75 Å². The van der Waals surface area contributed by atoms with Crippen LogP contribution in [-0.4, -0.2) is 13.2 Å². The van der Waals surface area contributed by atoms with Crippen molar-refractivity contribution >= 4 is 0 Å². The number of ether oxygens (including phenoxy) is 1. The lowest BCUT2D eigenvalue weighted by molar-refractivity contribution is 0.313. The molecule has 0 heterocycles. The molecule has 3 heteroatoms. The van der Waals surface area contributed by atoms with Crippen molar-refractivity contribution in [2.45, 2.75) is 13.5 Å². The van der Waals surface area contributed by atoms with Gasteiger partial charge in [0.1, 0.15) is 12.4 Å². The fourth-order valence-corrected chi connectivity index (χ4v) is 1.88. The number of hydrogen-bond donors (Lipinski definition) is 1. The van der Waals surface area contributed by atoms with Crippen molar-refractivity contribution in [3.63, 3.8) is 0 Å². The van der Waals surface area contributed by atoms with Gasteiger partial charge < -0.3 is 10.1 Å². The molecule has 2 aromatic carbocycles. The van der Waals surface area contributed by atoms with E-state index in [9.17, 15) is 0 Å². The van der Waals surface area contributed by atoms with E-state index >= 15 is 0 Å². The summed E-state index contributed by atoms with van der Waals surface area (Å²) in [6.07, 6.45) is 0. The van der Waals surface area contributed by atoms with Crippen molar-refractivity contribution < 1.29 is 4.74 Å². The molecule has 2 aromatic rings. The minimum absolute atomic E-state index is 0.639. The number of hydrogen-bond acceptors (Lipinski definition) is 3. The van der Waals surface area contributed by atoms with E-state index in [0.717, 1.165) is 18.8 Å². The highest BCUT2D eigenvalue weighted by atomic mass is 16.5. The second kappa shape index (κ2) is 7.32. The summed E-state index contributed by atoms with van der Waals surface area (Å²) in [4.78, 5) is 0. The van der Waals surface area contributed by atoms with Crippen LogP contribution in [0.1, 0.15) is 16.7 Å². The van der Waals surface area contributed by atoms with E-state index in [0.29, 0.717) is 12.2 Å². The van der Waals surface area contributed by atoms with Crippen LogP contribution < -0.4 is 10.1 Å². The maximum atomic E-state index is 8.72. The van der Waals surface area contributed by atoms with Gasteiger partial charge in [-0.25, -0.2) is 0 Å². The maximum absolute atomic E-state index is 8.72. The number of nitrogens with zero attached hydrogens (tertiary/aromatic N) is 1. The topological polar surface area (TPSA) is 45.0 Å². The average molecular weight is 266 g/mol. The second-order valence-corrected chi connectivity index (χ2v) is 4.65. The van der Waals surface area contributed by atoms with Gasteiger partial charge in [-0.05, 0) is 42.3 Å². The van der Waals surface area contributed by atoms with Crippen molar-refractivity contribution in [1.29, 1.82) is 5.26 Å². The van der Waals surface area contributed by atoms with Crippen LogP contribution in [0.2, 0.25) is 0 Å². The second-order valence-electron chi connectivity index (χ2n) is 4.65. The summed E-state index contributed by atoms with van der Waals surface area (Å²) < 4.78 is 5.66. The number of nitrogens with one attached hydrogen (secondary N) is 1. The molecule has 2 rings (SSSR count). The predicted molar refractivity (Wildman–Crippen MR) is 79.5 cm³/mol. The highest BCUT2D eigenvalue weighted by molar-refractivity contribution is 5.31. The third-order valence-electron chi connectivity index (χ3n) is 2.95. The average Bonchev–Trinajstić information content (AvgIpc) is 2.48. The number of rotatable bonds is 6. The normalized spacial score (nSPS) is 10.0. The molecule has 0 atom stereocenters. The molecule has 0 saturated carbocycles. The Morgan fingerprint density at radius 2 is 1.95 bits per heavy atom. The molecule has 0 saturated heterocycles. The monoisotopic (exact) mass is 266 g/mol. The molecular formula is C17H18N2O. The van der Waals surface area contributed by atoms with Gasteiger partial charge in [0.2, 0.25) is 0 Å². The van der Waals surface area contributed by atoms with E-state index in [4.69, 9.17) is 10.00 Å². The number of nitriles is 1. The SMILES string of the molecule is Cc1cccc(OCCNCc2ccc(C#N)cc2)c1. The zero-order valence-electron chi connectivity index (χ0n) is 11.6. The molecule has 0 spiro atoms. The molecule has 0 fully saturated rings. The van der Waals surface area contributed by atoms with E-state index < -0.39 is 0 Å². The largest absolute Gasteiger partial charge is 0.492 e. The summed E-state index contributed by atoms with van der Waals surface area (Å²) in [5, 5.41) is 12.0. The molecule has 0 bridgehead atoms. The van der Waals surface area contributed by atoms with Crippen LogP contribution in [0, 0.1) is 18.3 Å². The number of benzene rings is 2. The Hall–Kier alpha value is -2.31. The summed E-state index contributed by atoms with van der Waals surface area (Å²) in [7, 11) is 0. The zero-order valence-corrected chi connectivity index (χ0v) is 11.6. The third-order valence-corrected chi connectivity index (χ3v) is 2.95. The van der Waals surface area contributed by atoms with Gasteiger partial charge >= 0.3 is 0 Å².